The summed E-state index contributed by atoms with van der Waals surface area (Å²) in [6.45, 7) is 2.09. The van der Waals surface area contributed by atoms with Gasteiger partial charge in [0, 0.05) is 34.3 Å². The number of hydrazone groups is 1. The topological polar surface area (TPSA) is 117 Å². The fourth-order valence-electron chi connectivity index (χ4n) is 3.77. The zero-order valence-electron chi connectivity index (χ0n) is 16.8. The van der Waals surface area contributed by atoms with Gasteiger partial charge in [-0.05, 0) is 30.8 Å². The summed E-state index contributed by atoms with van der Waals surface area (Å²) in [6.07, 6.45) is 3.47. The lowest BCUT2D eigenvalue weighted by Gasteiger charge is -2.20. The molecule has 9 nitrogen and oxygen atoms in total. The van der Waals surface area contributed by atoms with Crippen molar-refractivity contribution in [2.24, 2.45) is 10.1 Å². The number of para-hydroxylation sites is 2. The Morgan fingerprint density at radius 2 is 1.94 bits per heavy atom. The summed E-state index contributed by atoms with van der Waals surface area (Å²) >= 11 is 1.25. The highest BCUT2D eigenvalue weighted by Gasteiger charge is 2.34. The third-order valence-electron chi connectivity index (χ3n) is 5.20. The third-order valence-corrected chi connectivity index (χ3v) is 6.03. The maximum absolute atomic E-state index is 12.6. The zero-order valence-corrected chi connectivity index (χ0v) is 17.7. The van der Waals surface area contributed by atoms with Gasteiger partial charge < -0.3 is 4.57 Å². The molecule has 0 spiro atoms. The molecular weight excluding hydrogens is 428 g/mol. The molecule has 5 rings (SSSR count). The van der Waals surface area contributed by atoms with E-state index in [-0.39, 0.29) is 17.1 Å². The van der Waals surface area contributed by atoms with Crippen LogP contribution in [0.25, 0.3) is 17.0 Å². The Labute approximate surface area is 186 Å². The van der Waals surface area contributed by atoms with Gasteiger partial charge in [0.05, 0.1) is 22.1 Å². The van der Waals surface area contributed by atoms with E-state index < -0.39 is 10.8 Å². The van der Waals surface area contributed by atoms with Gasteiger partial charge >= 0.3 is 0 Å². The minimum absolute atomic E-state index is 0.0279. The van der Waals surface area contributed by atoms with Gasteiger partial charge in [-0.15, -0.1) is 0 Å². The van der Waals surface area contributed by atoms with Crippen LogP contribution in [0.4, 0.5) is 5.69 Å². The number of aliphatic imine (C=N–C) groups is 1. The highest BCUT2D eigenvalue weighted by molar-refractivity contribution is 8.26. The van der Waals surface area contributed by atoms with Crippen LogP contribution in [-0.2, 0) is 11.3 Å². The number of fused-ring (bicyclic) bond motifs is 2. The van der Waals surface area contributed by atoms with Crippen molar-refractivity contribution >= 4 is 56.4 Å². The van der Waals surface area contributed by atoms with E-state index in [9.17, 15) is 14.9 Å². The van der Waals surface area contributed by atoms with Crippen molar-refractivity contribution in [1.29, 1.82) is 5.41 Å². The second-order valence-electron chi connectivity index (χ2n) is 7.25. The number of amides is 1. The largest absolute Gasteiger partial charge is 0.342 e. The van der Waals surface area contributed by atoms with Gasteiger partial charge in [0.25, 0.3) is 11.6 Å². The number of thioether (sulfide) groups is 1. The van der Waals surface area contributed by atoms with E-state index in [1.165, 1.54) is 22.8 Å². The molecule has 0 atom stereocenters. The van der Waals surface area contributed by atoms with Crippen molar-refractivity contribution < 1.29 is 9.72 Å². The number of nitrogens with zero attached hydrogens (tertiary/aromatic N) is 5. The Morgan fingerprint density at radius 3 is 2.75 bits per heavy atom. The van der Waals surface area contributed by atoms with Gasteiger partial charge in [-0.2, -0.15) is 15.1 Å². The SMILES string of the molecule is CC1=NN2C(=N)C(=Cc3cn(Cc4ccccc4[N+](=O)[O-])c4ccccc34)C(=O)N=C2S1. The van der Waals surface area contributed by atoms with Crippen LogP contribution in [-0.4, -0.2) is 36.5 Å². The van der Waals surface area contributed by atoms with Crippen LogP contribution in [0.15, 0.2) is 70.4 Å². The Bertz CT molecular complexity index is 1420. The van der Waals surface area contributed by atoms with Crippen molar-refractivity contribution in [2.45, 2.75) is 13.5 Å². The number of hydrogen-bond donors (Lipinski definition) is 1. The summed E-state index contributed by atoms with van der Waals surface area (Å²) in [5, 5.41) is 27.5. The van der Waals surface area contributed by atoms with Crippen LogP contribution in [0.3, 0.4) is 0 Å². The second-order valence-corrected chi connectivity index (χ2v) is 8.41. The fourth-order valence-corrected chi connectivity index (χ4v) is 4.50. The summed E-state index contributed by atoms with van der Waals surface area (Å²) in [7, 11) is 0. The molecule has 0 saturated heterocycles. The summed E-state index contributed by atoms with van der Waals surface area (Å²) in [6, 6.07) is 14.2. The van der Waals surface area contributed by atoms with Gasteiger partial charge in [0.15, 0.2) is 5.84 Å². The first kappa shape index (κ1) is 19.9. The molecule has 10 heteroatoms. The molecule has 0 radical (unpaired) electrons. The number of rotatable bonds is 4. The highest BCUT2D eigenvalue weighted by Crippen LogP contribution is 2.30. The van der Waals surface area contributed by atoms with E-state index in [1.807, 2.05) is 35.0 Å². The molecule has 2 aliphatic rings. The Kier molecular flexibility index (Phi) is 4.71. The van der Waals surface area contributed by atoms with E-state index >= 15 is 0 Å². The number of hydrogen-bond acceptors (Lipinski definition) is 6. The van der Waals surface area contributed by atoms with Crippen molar-refractivity contribution in [2.75, 3.05) is 0 Å². The van der Waals surface area contributed by atoms with Crippen LogP contribution in [0.5, 0.6) is 0 Å². The summed E-state index contributed by atoms with van der Waals surface area (Å²) < 4.78 is 1.91. The molecule has 3 heterocycles. The molecule has 0 saturated carbocycles. The zero-order chi connectivity index (χ0) is 22.4. The van der Waals surface area contributed by atoms with E-state index in [1.54, 1.807) is 31.2 Å². The minimum atomic E-state index is -0.492. The average molecular weight is 444 g/mol. The van der Waals surface area contributed by atoms with Crippen LogP contribution < -0.4 is 0 Å². The highest BCUT2D eigenvalue weighted by atomic mass is 32.2. The summed E-state index contributed by atoms with van der Waals surface area (Å²) in [5.41, 5.74) is 2.35. The lowest BCUT2D eigenvalue weighted by Crippen LogP contribution is -2.35. The molecule has 158 valence electrons. The van der Waals surface area contributed by atoms with Crippen molar-refractivity contribution in [3.8, 4) is 0 Å². The van der Waals surface area contributed by atoms with E-state index in [2.05, 4.69) is 10.1 Å². The van der Waals surface area contributed by atoms with Gasteiger partial charge in [-0.25, -0.2) is 0 Å². The molecule has 32 heavy (non-hydrogen) atoms. The Balaban J connectivity index is 1.59. The maximum Gasteiger partial charge on any atom is 0.283 e. The molecular formula is C22H16N6O3S. The Morgan fingerprint density at radius 1 is 1.19 bits per heavy atom. The van der Waals surface area contributed by atoms with Crippen LogP contribution in [0.2, 0.25) is 0 Å². The molecule has 1 N–H and O–H groups in total. The van der Waals surface area contributed by atoms with Crippen molar-refractivity contribution in [1.82, 2.24) is 9.58 Å². The van der Waals surface area contributed by atoms with Gasteiger partial charge in [0.2, 0.25) is 5.17 Å². The van der Waals surface area contributed by atoms with Gasteiger partial charge in [0.1, 0.15) is 0 Å². The predicted molar refractivity (Wildman–Crippen MR) is 125 cm³/mol. The predicted octanol–water partition coefficient (Wildman–Crippen LogP) is 4.24. The lowest BCUT2D eigenvalue weighted by atomic mass is 10.1. The number of nitro groups is 1. The quantitative estimate of drug-likeness (QED) is 0.367. The molecule has 0 bridgehead atoms. The van der Waals surface area contributed by atoms with Crippen LogP contribution >= 0.6 is 11.8 Å². The molecule has 3 aromatic rings. The maximum atomic E-state index is 12.6. The molecule has 0 unspecified atom stereocenters. The standard InChI is InChI=1S/C22H16N6O3S/c1-13-25-27-20(23)17(21(29)24-22(27)32-13)10-15-12-26(19-9-5-3-7-16(15)19)11-14-6-2-4-8-18(14)28(30)31/h2-10,12,23H,11H2,1H3. The number of nitrogens with one attached hydrogen (secondary N) is 1. The number of benzene rings is 2. The van der Waals surface area contributed by atoms with Crippen molar-refractivity contribution in [3.05, 3.63) is 81.5 Å². The normalized spacial score (nSPS) is 17.0. The molecule has 2 aromatic carbocycles. The molecule has 1 aromatic heterocycles. The van der Waals surface area contributed by atoms with Gasteiger partial charge in [-0.1, -0.05) is 36.4 Å². The Hall–Kier alpha value is -4.05. The lowest BCUT2D eigenvalue weighted by molar-refractivity contribution is -0.385. The fraction of sp³-hybridized carbons (Fsp3) is 0.0909. The number of amidine groups is 2. The molecule has 1 amide bonds. The molecule has 0 fully saturated rings. The first-order valence-corrected chi connectivity index (χ1v) is 10.5. The molecule has 0 aliphatic carbocycles. The average Bonchev–Trinajstić information content (AvgIpc) is 3.31. The van der Waals surface area contributed by atoms with Crippen LogP contribution in [0, 0.1) is 15.5 Å². The van der Waals surface area contributed by atoms with Crippen molar-refractivity contribution in [3.63, 3.8) is 0 Å². The number of carbonyl (C=O) groups is 1. The summed E-state index contributed by atoms with van der Waals surface area (Å²) in [5.74, 6) is -0.519. The van der Waals surface area contributed by atoms with E-state index in [0.29, 0.717) is 22.3 Å². The van der Waals surface area contributed by atoms with E-state index in [0.717, 1.165) is 16.5 Å². The first-order chi connectivity index (χ1) is 15.4. The second kappa shape index (κ2) is 7.57. The van der Waals surface area contributed by atoms with Gasteiger partial charge in [-0.3, -0.25) is 20.3 Å². The minimum Gasteiger partial charge on any atom is -0.342 e. The number of aromatic nitrogens is 1. The number of carbonyl (C=O) groups excluding carboxylic acids is 1. The molecule has 2 aliphatic heterocycles. The monoisotopic (exact) mass is 444 g/mol. The van der Waals surface area contributed by atoms with E-state index in [4.69, 9.17) is 5.41 Å². The first-order valence-electron chi connectivity index (χ1n) is 9.69. The smallest absolute Gasteiger partial charge is 0.283 e. The van der Waals surface area contributed by atoms with Crippen LogP contribution in [0.1, 0.15) is 18.1 Å². The summed E-state index contributed by atoms with van der Waals surface area (Å²) in [4.78, 5) is 27.7. The third kappa shape index (κ3) is 3.30. The number of nitro benzene ring substituents is 1.